The fourth-order valence-corrected chi connectivity index (χ4v) is 4.92. The van der Waals surface area contributed by atoms with Crippen LogP contribution in [0, 0.1) is 0 Å². The SMILES string of the molecule is c1ccc2c(c1)CC[C@@H]2CCN1CCN(c2cccc3c2CCOO3)CC1. The quantitative estimate of drug-likeness (QED) is 0.771. The van der Waals surface area contributed by atoms with Crippen LogP contribution in [0.5, 0.6) is 5.75 Å². The van der Waals surface area contributed by atoms with E-state index in [0.717, 1.165) is 44.3 Å². The van der Waals surface area contributed by atoms with Gasteiger partial charge in [-0.3, -0.25) is 4.90 Å². The minimum atomic E-state index is 0.646. The van der Waals surface area contributed by atoms with Crippen molar-refractivity contribution in [2.24, 2.45) is 0 Å². The predicted molar refractivity (Wildman–Crippen MR) is 108 cm³/mol. The Morgan fingerprint density at radius 2 is 1.81 bits per heavy atom. The molecule has 0 saturated carbocycles. The highest BCUT2D eigenvalue weighted by atomic mass is 17.2. The Bertz CT molecular complexity index is 799. The Morgan fingerprint density at radius 1 is 0.926 bits per heavy atom. The number of hydrogen-bond donors (Lipinski definition) is 0. The maximum Gasteiger partial charge on any atom is 0.170 e. The minimum absolute atomic E-state index is 0.646. The lowest BCUT2D eigenvalue weighted by Crippen LogP contribution is -2.47. The number of rotatable bonds is 4. The van der Waals surface area contributed by atoms with Crippen LogP contribution < -0.4 is 9.79 Å². The summed E-state index contributed by atoms with van der Waals surface area (Å²) in [6.45, 7) is 6.35. The molecule has 4 nitrogen and oxygen atoms in total. The second-order valence-electron chi connectivity index (χ2n) is 7.96. The lowest BCUT2D eigenvalue weighted by atomic mass is 9.97. The molecule has 0 bridgehead atoms. The summed E-state index contributed by atoms with van der Waals surface area (Å²) in [6.07, 6.45) is 4.83. The van der Waals surface area contributed by atoms with Gasteiger partial charge in [-0.05, 0) is 55.0 Å². The maximum atomic E-state index is 5.36. The molecule has 1 aliphatic carbocycles. The molecule has 2 aliphatic heterocycles. The van der Waals surface area contributed by atoms with E-state index in [1.807, 2.05) is 6.07 Å². The van der Waals surface area contributed by atoms with Crippen molar-refractivity contribution >= 4 is 5.69 Å². The molecule has 0 amide bonds. The van der Waals surface area contributed by atoms with Crippen LogP contribution in [0.2, 0.25) is 0 Å². The third kappa shape index (κ3) is 3.44. The summed E-state index contributed by atoms with van der Waals surface area (Å²) in [7, 11) is 0. The molecule has 2 aromatic carbocycles. The monoisotopic (exact) mass is 364 g/mol. The summed E-state index contributed by atoms with van der Waals surface area (Å²) in [5.41, 5.74) is 5.82. The van der Waals surface area contributed by atoms with Gasteiger partial charge in [0, 0.05) is 43.9 Å². The van der Waals surface area contributed by atoms with Crippen molar-refractivity contribution in [1.29, 1.82) is 0 Å². The normalized spacial score (nSPS) is 22.2. The molecular weight excluding hydrogens is 336 g/mol. The summed E-state index contributed by atoms with van der Waals surface area (Å²) < 4.78 is 0. The van der Waals surface area contributed by atoms with Crippen molar-refractivity contribution in [1.82, 2.24) is 4.90 Å². The number of hydrogen-bond acceptors (Lipinski definition) is 4. The number of anilines is 1. The highest BCUT2D eigenvalue weighted by Crippen LogP contribution is 2.36. The first-order valence-corrected chi connectivity index (χ1v) is 10.3. The van der Waals surface area contributed by atoms with Crippen molar-refractivity contribution in [2.45, 2.75) is 31.6 Å². The second-order valence-corrected chi connectivity index (χ2v) is 7.96. The Balaban J connectivity index is 1.17. The van der Waals surface area contributed by atoms with Gasteiger partial charge in [0.05, 0.1) is 6.61 Å². The van der Waals surface area contributed by atoms with E-state index in [-0.39, 0.29) is 0 Å². The van der Waals surface area contributed by atoms with Crippen LogP contribution in [0.1, 0.15) is 35.4 Å². The van der Waals surface area contributed by atoms with Crippen LogP contribution in [0.25, 0.3) is 0 Å². The van der Waals surface area contributed by atoms with Gasteiger partial charge in [-0.2, -0.15) is 4.89 Å². The van der Waals surface area contributed by atoms with Gasteiger partial charge < -0.3 is 9.79 Å². The van der Waals surface area contributed by atoms with Crippen LogP contribution in [0.3, 0.4) is 0 Å². The zero-order valence-electron chi connectivity index (χ0n) is 15.9. The summed E-state index contributed by atoms with van der Waals surface area (Å²) in [6, 6.07) is 15.4. The summed E-state index contributed by atoms with van der Waals surface area (Å²) in [4.78, 5) is 15.7. The summed E-state index contributed by atoms with van der Waals surface area (Å²) in [5, 5.41) is 0. The molecule has 3 aliphatic rings. The van der Waals surface area contributed by atoms with Crippen molar-refractivity contribution in [3.8, 4) is 5.75 Å². The fourth-order valence-electron chi connectivity index (χ4n) is 4.92. The molecule has 5 rings (SSSR count). The van der Waals surface area contributed by atoms with E-state index in [4.69, 9.17) is 9.78 Å². The van der Waals surface area contributed by atoms with Gasteiger partial charge in [0.25, 0.3) is 0 Å². The van der Waals surface area contributed by atoms with Gasteiger partial charge in [0.2, 0.25) is 0 Å². The predicted octanol–water partition coefficient (Wildman–Crippen LogP) is 3.80. The standard InChI is InChI=1S/C23H28N2O2/c1-2-5-20-18(4-1)8-9-19(20)10-12-24-13-15-25(16-14-24)22-6-3-7-23-21(22)11-17-26-27-23/h1-7,19H,8-17H2/t19-/m1/s1. The first-order chi connectivity index (χ1) is 13.4. The zero-order chi connectivity index (χ0) is 18.1. The third-order valence-electron chi connectivity index (χ3n) is 6.46. The van der Waals surface area contributed by atoms with E-state index in [9.17, 15) is 0 Å². The molecule has 2 heterocycles. The lowest BCUT2D eigenvalue weighted by Gasteiger charge is -2.38. The van der Waals surface area contributed by atoms with Gasteiger partial charge >= 0.3 is 0 Å². The highest BCUT2D eigenvalue weighted by molar-refractivity contribution is 5.60. The molecule has 0 spiro atoms. The van der Waals surface area contributed by atoms with Crippen LogP contribution in [0.15, 0.2) is 42.5 Å². The Labute approximate surface area is 161 Å². The van der Waals surface area contributed by atoms with Gasteiger partial charge in [-0.15, -0.1) is 0 Å². The van der Waals surface area contributed by atoms with Crippen LogP contribution in [0.4, 0.5) is 5.69 Å². The number of nitrogens with zero attached hydrogens (tertiary/aromatic N) is 2. The molecular formula is C23H28N2O2. The maximum absolute atomic E-state index is 5.36. The largest absolute Gasteiger partial charge is 0.369 e. The molecule has 1 saturated heterocycles. The van der Waals surface area contributed by atoms with Crippen molar-refractivity contribution in [3.05, 3.63) is 59.2 Å². The third-order valence-corrected chi connectivity index (χ3v) is 6.46. The molecule has 1 fully saturated rings. The smallest absolute Gasteiger partial charge is 0.170 e. The van der Waals surface area contributed by atoms with Gasteiger partial charge in [-0.1, -0.05) is 30.3 Å². The molecule has 2 aromatic rings. The van der Waals surface area contributed by atoms with Gasteiger partial charge in [0.15, 0.2) is 5.75 Å². The first-order valence-electron chi connectivity index (χ1n) is 10.3. The first kappa shape index (κ1) is 17.1. The fraction of sp³-hybridized carbons (Fsp3) is 0.478. The summed E-state index contributed by atoms with van der Waals surface area (Å²) in [5.74, 6) is 1.65. The summed E-state index contributed by atoms with van der Waals surface area (Å²) >= 11 is 0. The minimum Gasteiger partial charge on any atom is -0.369 e. The van der Waals surface area contributed by atoms with E-state index in [1.54, 1.807) is 11.1 Å². The van der Waals surface area contributed by atoms with Gasteiger partial charge in [0.1, 0.15) is 0 Å². The van der Waals surface area contributed by atoms with E-state index in [0.29, 0.717) is 6.61 Å². The van der Waals surface area contributed by atoms with Crippen molar-refractivity contribution in [2.75, 3.05) is 44.2 Å². The topological polar surface area (TPSA) is 24.9 Å². The molecule has 0 aromatic heterocycles. The number of benzene rings is 2. The van der Waals surface area contributed by atoms with E-state index in [2.05, 4.69) is 46.2 Å². The molecule has 0 unspecified atom stereocenters. The number of fused-ring (bicyclic) bond motifs is 2. The van der Waals surface area contributed by atoms with E-state index < -0.39 is 0 Å². The zero-order valence-corrected chi connectivity index (χ0v) is 15.9. The molecule has 0 N–H and O–H groups in total. The van der Waals surface area contributed by atoms with Crippen LogP contribution in [-0.2, 0) is 17.7 Å². The van der Waals surface area contributed by atoms with E-state index >= 15 is 0 Å². The number of aryl methyl sites for hydroxylation is 1. The average Bonchev–Trinajstić information content (AvgIpc) is 3.15. The highest BCUT2D eigenvalue weighted by Gasteiger charge is 2.25. The number of piperazine rings is 1. The van der Waals surface area contributed by atoms with Crippen LogP contribution in [-0.4, -0.2) is 44.2 Å². The molecule has 27 heavy (non-hydrogen) atoms. The molecule has 142 valence electrons. The second kappa shape index (κ2) is 7.53. The Kier molecular flexibility index (Phi) is 4.76. The van der Waals surface area contributed by atoms with Crippen LogP contribution >= 0.6 is 0 Å². The van der Waals surface area contributed by atoms with Crippen molar-refractivity contribution in [3.63, 3.8) is 0 Å². The molecule has 1 atom stereocenters. The van der Waals surface area contributed by atoms with E-state index in [1.165, 1.54) is 37.1 Å². The average molecular weight is 364 g/mol. The van der Waals surface area contributed by atoms with Gasteiger partial charge in [-0.25, -0.2) is 0 Å². The Hall–Kier alpha value is -2.04. The Morgan fingerprint density at radius 3 is 2.74 bits per heavy atom. The molecule has 0 radical (unpaired) electrons. The lowest BCUT2D eigenvalue weighted by molar-refractivity contribution is -0.215. The van der Waals surface area contributed by atoms with Crippen molar-refractivity contribution < 1.29 is 9.78 Å². The molecule has 4 heteroatoms.